The number of carbonyl (C=O) groups is 1. The summed E-state index contributed by atoms with van der Waals surface area (Å²) in [4.78, 5) is 14.5. The van der Waals surface area contributed by atoms with Crippen LogP contribution in [0.1, 0.15) is 41.9 Å². The predicted molar refractivity (Wildman–Crippen MR) is 93.0 cm³/mol. The van der Waals surface area contributed by atoms with Gasteiger partial charge in [0.1, 0.15) is 0 Å². The van der Waals surface area contributed by atoms with Gasteiger partial charge in [-0.25, -0.2) is 16.8 Å². The van der Waals surface area contributed by atoms with Crippen molar-refractivity contribution in [2.75, 3.05) is 29.6 Å². The lowest BCUT2D eigenvalue weighted by Gasteiger charge is -2.26. The molecule has 0 spiro atoms. The number of carbonyl (C=O) groups excluding carboxylic acids is 1. The number of hydrogen-bond acceptors (Lipinski definition) is 6. The first-order chi connectivity index (χ1) is 11.6. The molecule has 3 heterocycles. The van der Waals surface area contributed by atoms with Crippen LogP contribution < -0.4 is 0 Å². The maximum Gasteiger partial charge on any atom is 0.257 e. The van der Waals surface area contributed by atoms with Crippen molar-refractivity contribution in [2.24, 2.45) is 0 Å². The molecule has 8 nitrogen and oxygen atoms in total. The molecular formula is C15H23N3O5S2. The van der Waals surface area contributed by atoms with Crippen molar-refractivity contribution < 1.29 is 21.6 Å². The topological polar surface area (TPSA) is 106 Å². The third-order valence-electron chi connectivity index (χ3n) is 5.08. The highest BCUT2D eigenvalue weighted by Gasteiger charge is 2.36. The van der Waals surface area contributed by atoms with Crippen molar-refractivity contribution in [1.29, 1.82) is 0 Å². The molecule has 0 aromatic carbocycles. The minimum absolute atomic E-state index is 0.000628. The first kappa shape index (κ1) is 18.4. The Kier molecular flexibility index (Phi) is 4.69. The van der Waals surface area contributed by atoms with Gasteiger partial charge >= 0.3 is 0 Å². The summed E-state index contributed by atoms with van der Waals surface area (Å²) in [6, 6.07) is -0.550. The van der Waals surface area contributed by atoms with E-state index in [1.54, 1.807) is 16.5 Å². The standard InChI is InChI=1S/C15H23N3O5S2/c1-3-17(12-4-6-24(20,21)9-12)15(19)14-8-16-18(11(14)2)13-5-7-25(22,23)10-13/h8,12-13H,3-7,9-10H2,1-2H3. The summed E-state index contributed by atoms with van der Waals surface area (Å²) in [6.45, 7) is 4.00. The number of rotatable bonds is 4. The summed E-state index contributed by atoms with van der Waals surface area (Å²) in [5.41, 5.74) is 1.04. The van der Waals surface area contributed by atoms with Crippen molar-refractivity contribution >= 4 is 25.6 Å². The van der Waals surface area contributed by atoms with Crippen LogP contribution in [0, 0.1) is 6.92 Å². The number of aromatic nitrogens is 2. The number of sulfone groups is 2. The van der Waals surface area contributed by atoms with Gasteiger partial charge in [-0.15, -0.1) is 0 Å². The summed E-state index contributed by atoms with van der Waals surface area (Å²) in [5, 5.41) is 4.24. The van der Waals surface area contributed by atoms with Crippen LogP contribution in [0.4, 0.5) is 0 Å². The molecule has 2 unspecified atom stereocenters. The Hall–Kier alpha value is -1.42. The SMILES string of the molecule is CCN(C(=O)c1cnn(C2CCS(=O)(=O)C2)c1C)C1CCS(=O)(=O)C1. The molecule has 0 N–H and O–H groups in total. The molecule has 2 aliphatic rings. The highest BCUT2D eigenvalue weighted by molar-refractivity contribution is 7.91. The smallest absolute Gasteiger partial charge is 0.257 e. The van der Waals surface area contributed by atoms with Crippen LogP contribution in [-0.4, -0.2) is 73.0 Å². The molecule has 0 saturated carbocycles. The van der Waals surface area contributed by atoms with Gasteiger partial charge in [0.2, 0.25) is 0 Å². The van der Waals surface area contributed by atoms with E-state index in [0.29, 0.717) is 30.6 Å². The second kappa shape index (κ2) is 6.39. The number of hydrogen-bond donors (Lipinski definition) is 0. The van der Waals surface area contributed by atoms with Crippen LogP contribution in [0.5, 0.6) is 0 Å². The van der Waals surface area contributed by atoms with Crippen molar-refractivity contribution in [2.45, 2.75) is 38.8 Å². The molecule has 0 bridgehead atoms. The summed E-state index contributed by atoms with van der Waals surface area (Å²) in [7, 11) is -6.12. The van der Waals surface area contributed by atoms with Gasteiger partial charge in [0.05, 0.1) is 40.8 Å². The molecule has 2 aliphatic heterocycles. The first-order valence-electron chi connectivity index (χ1n) is 8.39. The lowest BCUT2D eigenvalue weighted by atomic mass is 10.1. The van der Waals surface area contributed by atoms with E-state index >= 15 is 0 Å². The fourth-order valence-corrected chi connectivity index (χ4v) is 7.14. The molecule has 0 aliphatic carbocycles. The normalized spacial score (nSPS) is 27.4. The summed E-state index contributed by atoms with van der Waals surface area (Å²) in [6.07, 6.45) is 2.42. The van der Waals surface area contributed by atoms with Crippen LogP contribution in [0.25, 0.3) is 0 Å². The zero-order valence-corrected chi connectivity index (χ0v) is 16.0. The second-order valence-electron chi connectivity index (χ2n) is 6.79. The minimum atomic E-state index is -3.08. The maximum absolute atomic E-state index is 12.9. The fraction of sp³-hybridized carbons (Fsp3) is 0.733. The molecule has 0 radical (unpaired) electrons. The van der Waals surface area contributed by atoms with Gasteiger partial charge in [-0.1, -0.05) is 0 Å². The van der Waals surface area contributed by atoms with Crippen LogP contribution in [0.15, 0.2) is 6.20 Å². The molecular weight excluding hydrogens is 366 g/mol. The maximum atomic E-state index is 12.9. The molecule has 3 rings (SSSR count). The highest BCUT2D eigenvalue weighted by atomic mass is 32.2. The van der Waals surface area contributed by atoms with E-state index in [1.165, 1.54) is 6.20 Å². The molecule has 2 atom stereocenters. The molecule has 10 heteroatoms. The Morgan fingerprint density at radius 3 is 2.36 bits per heavy atom. The lowest BCUT2D eigenvalue weighted by Crippen LogP contribution is -2.41. The van der Waals surface area contributed by atoms with E-state index < -0.39 is 19.7 Å². The quantitative estimate of drug-likeness (QED) is 0.728. The van der Waals surface area contributed by atoms with Gasteiger partial charge in [0.25, 0.3) is 5.91 Å². The Morgan fingerprint density at radius 1 is 1.20 bits per heavy atom. The Labute approximate surface area is 148 Å². The zero-order chi connectivity index (χ0) is 18.4. The third kappa shape index (κ3) is 3.59. The molecule has 2 fully saturated rings. The largest absolute Gasteiger partial charge is 0.335 e. The van der Waals surface area contributed by atoms with Gasteiger partial charge in [-0.2, -0.15) is 5.10 Å². The molecule has 1 aromatic heterocycles. The fourth-order valence-electron chi connectivity index (χ4n) is 3.71. The number of nitrogens with zero attached hydrogens (tertiary/aromatic N) is 3. The van der Waals surface area contributed by atoms with E-state index in [0.717, 1.165) is 0 Å². The van der Waals surface area contributed by atoms with Crippen LogP contribution in [0.3, 0.4) is 0 Å². The van der Waals surface area contributed by atoms with Gasteiger partial charge in [0, 0.05) is 18.3 Å². The van der Waals surface area contributed by atoms with Gasteiger partial charge < -0.3 is 4.90 Å². The van der Waals surface area contributed by atoms with Gasteiger partial charge in [0.15, 0.2) is 19.7 Å². The minimum Gasteiger partial charge on any atom is -0.335 e. The van der Waals surface area contributed by atoms with Crippen LogP contribution in [-0.2, 0) is 19.7 Å². The highest BCUT2D eigenvalue weighted by Crippen LogP contribution is 2.27. The summed E-state index contributed by atoms with van der Waals surface area (Å²) < 4.78 is 48.4. The Morgan fingerprint density at radius 2 is 1.84 bits per heavy atom. The van der Waals surface area contributed by atoms with E-state index in [-0.39, 0.29) is 41.0 Å². The predicted octanol–water partition coefficient (Wildman–Crippen LogP) is 0.200. The van der Waals surface area contributed by atoms with Crippen molar-refractivity contribution in [3.05, 3.63) is 17.5 Å². The number of amides is 1. The van der Waals surface area contributed by atoms with E-state index in [2.05, 4.69) is 5.10 Å². The first-order valence-corrected chi connectivity index (χ1v) is 12.0. The second-order valence-corrected chi connectivity index (χ2v) is 11.3. The lowest BCUT2D eigenvalue weighted by molar-refractivity contribution is 0.0707. The van der Waals surface area contributed by atoms with Crippen molar-refractivity contribution in [1.82, 2.24) is 14.7 Å². The average molecular weight is 389 g/mol. The van der Waals surface area contributed by atoms with E-state index in [9.17, 15) is 21.6 Å². The average Bonchev–Trinajstić information content (AvgIpc) is 3.17. The van der Waals surface area contributed by atoms with E-state index in [4.69, 9.17) is 0 Å². The Bertz CT molecular complexity index is 888. The van der Waals surface area contributed by atoms with Crippen molar-refractivity contribution in [3.63, 3.8) is 0 Å². The Balaban J connectivity index is 1.83. The zero-order valence-electron chi connectivity index (χ0n) is 14.4. The van der Waals surface area contributed by atoms with E-state index in [1.807, 2.05) is 6.92 Å². The molecule has 2 saturated heterocycles. The summed E-state index contributed by atoms with van der Waals surface area (Å²) in [5.74, 6) is 0.0532. The third-order valence-corrected chi connectivity index (χ3v) is 8.58. The monoisotopic (exact) mass is 389 g/mol. The van der Waals surface area contributed by atoms with Gasteiger partial charge in [-0.05, 0) is 26.7 Å². The molecule has 1 aromatic rings. The van der Waals surface area contributed by atoms with Crippen LogP contribution in [0.2, 0.25) is 0 Å². The van der Waals surface area contributed by atoms with Crippen LogP contribution >= 0.6 is 0 Å². The molecule has 25 heavy (non-hydrogen) atoms. The molecule has 140 valence electrons. The molecule has 1 amide bonds. The van der Waals surface area contributed by atoms with Gasteiger partial charge in [-0.3, -0.25) is 9.48 Å². The van der Waals surface area contributed by atoms with Crippen molar-refractivity contribution in [3.8, 4) is 0 Å². The summed E-state index contributed by atoms with van der Waals surface area (Å²) >= 11 is 0.